The average molecular weight is 644 g/mol. The highest BCUT2D eigenvalue weighted by Gasteiger charge is 2.33. The first-order valence-corrected chi connectivity index (χ1v) is 17.3. The van der Waals surface area contributed by atoms with Crippen molar-refractivity contribution >= 4 is 24.0 Å². The average Bonchev–Trinajstić information content (AvgIpc) is 3.13. The number of hydrogen-bond acceptors (Lipinski definition) is 7. The van der Waals surface area contributed by atoms with Crippen LogP contribution in [0.15, 0.2) is 30.3 Å². The van der Waals surface area contributed by atoms with Crippen LogP contribution in [-0.2, 0) is 30.3 Å². The number of carbonyl (C=O) groups excluding carboxylic acids is 4. The Morgan fingerprint density at radius 1 is 0.957 bits per heavy atom. The van der Waals surface area contributed by atoms with Gasteiger partial charge in [0.15, 0.2) is 0 Å². The summed E-state index contributed by atoms with van der Waals surface area (Å²) in [6, 6.07) is 9.29. The largest absolute Gasteiger partial charge is 0.375 e. The van der Waals surface area contributed by atoms with Gasteiger partial charge in [-0.1, -0.05) is 82.7 Å². The van der Waals surface area contributed by atoms with Crippen molar-refractivity contribution in [3.05, 3.63) is 35.9 Å². The lowest BCUT2D eigenvalue weighted by atomic mass is 9.87. The van der Waals surface area contributed by atoms with E-state index < -0.39 is 22.6 Å². The van der Waals surface area contributed by atoms with Crippen molar-refractivity contribution in [2.24, 2.45) is 11.1 Å². The Kier molecular flexibility index (Phi) is 16.9. The predicted molar refractivity (Wildman–Crippen MR) is 183 cm³/mol. The number of aldehydes is 1. The number of ether oxygens (including phenoxy) is 1. The van der Waals surface area contributed by atoms with E-state index in [1.807, 2.05) is 58.0 Å². The van der Waals surface area contributed by atoms with Gasteiger partial charge in [-0.2, -0.15) is 0 Å². The van der Waals surface area contributed by atoms with Crippen molar-refractivity contribution in [3.63, 3.8) is 0 Å². The first-order valence-electron chi connectivity index (χ1n) is 17.3. The maximum atomic E-state index is 13.6. The van der Waals surface area contributed by atoms with Crippen LogP contribution in [0.2, 0.25) is 0 Å². The molecule has 6 N–H and O–H groups in total. The summed E-state index contributed by atoms with van der Waals surface area (Å²) in [4.78, 5) is 50.7. The number of nitrogens with one attached hydrogen (secondary N) is 4. The molecule has 0 bridgehead atoms. The van der Waals surface area contributed by atoms with Gasteiger partial charge in [0.1, 0.15) is 17.9 Å². The first-order chi connectivity index (χ1) is 21.8. The molecule has 0 aliphatic heterocycles. The van der Waals surface area contributed by atoms with Crippen molar-refractivity contribution < 1.29 is 23.9 Å². The molecule has 1 fully saturated rings. The fourth-order valence-corrected chi connectivity index (χ4v) is 5.62. The van der Waals surface area contributed by atoms with Crippen LogP contribution in [0.25, 0.3) is 0 Å². The number of benzene rings is 1. The molecule has 3 amide bonds. The van der Waals surface area contributed by atoms with Gasteiger partial charge in [0.2, 0.25) is 17.7 Å². The van der Waals surface area contributed by atoms with E-state index in [9.17, 15) is 19.2 Å². The van der Waals surface area contributed by atoms with Crippen LogP contribution in [0, 0.1) is 5.41 Å². The molecule has 46 heavy (non-hydrogen) atoms. The Balaban J connectivity index is 1.90. The molecule has 1 aromatic carbocycles. The third-order valence-electron chi connectivity index (χ3n) is 8.89. The molecule has 10 nitrogen and oxygen atoms in total. The summed E-state index contributed by atoms with van der Waals surface area (Å²) in [6.45, 7) is 10.9. The molecule has 0 saturated heterocycles. The molecule has 1 saturated carbocycles. The number of nitrogens with two attached hydrogens (primary N) is 1. The van der Waals surface area contributed by atoms with Gasteiger partial charge < -0.3 is 36.5 Å². The van der Waals surface area contributed by atoms with E-state index in [0.29, 0.717) is 32.4 Å². The van der Waals surface area contributed by atoms with E-state index in [1.54, 1.807) is 6.92 Å². The zero-order valence-electron chi connectivity index (χ0n) is 29.1. The minimum atomic E-state index is -1.02. The highest BCUT2D eigenvalue weighted by Crippen LogP contribution is 2.24. The van der Waals surface area contributed by atoms with Crippen LogP contribution in [0.1, 0.15) is 111 Å². The summed E-state index contributed by atoms with van der Waals surface area (Å²) in [5.41, 5.74) is 4.18. The molecule has 0 radical (unpaired) electrons. The Morgan fingerprint density at radius 2 is 1.59 bits per heavy atom. The Morgan fingerprint density at radius 3 is 2.20 bits per heavy atom. The molecule has 1 aliphatic carbocycles. The molecule has 2 atom stereocenters. The molecule has 10 heteroatoms. The molecule has 2 unspecified atom stereocenters. The number of hydrogen-bond donors (Lipinski definition) is 5. The third-order valence-corrected chi connectivity index (χ3v) is 8.89. The van der Waals surface area contributed by atoms with Gasteiger partial charge >= 0.3 is 0 Å². The van der Waals surface area contributed by atoms with Crippen molar-refractivity contribution in [1.82, 2.24) is 21.3 Å². The highest BCUT2D eigenvalue weighted by atomic mass is 16.5. The number of carbonyl (C=O) groups is 4. The Labute approximate surface area is 277 Å². The molecule has 2 rings (SSSR count). The van der Waals surface area contributed by atoms with Crippen LogP contribution in [0.4, 0.5) is 0 Å². The van der Waals surface area contributed by atoms with Crippen LogP contribution in [-0.4, -0.2) is 73.5 Å². The molecule has 0 spiro atoms. The molecule has 1 aromatic rings. The minimum Gasteiger partial charge on any atom is -0.375 e. The van der Waals surface area contributed by atoms with Crippen molar-refractivity contribution in [2.75, 3.05) is 26.2 Å². The molecular weight excluding hydrogens is 582 g/mol. The number of rotatable bonds is 19. The van der Waals surface area contributed by atoms with Crippen molar-refractivity contribution in [1.29, 1.82) is 0 Å². The van der Waals surface area contributed by atoms with Gasteiger partial charge in [0, 0.05) is 44.0 Å². The Hall–Kier alpha value is -2.82. The second-order valence-electron chi connectivity index (χ2n) is 14.4. The number of amides is 3. The second-order valence-corrected chi connectivity index (χ2v) is 14.4. The third kappa shape index (κ3) is 15.2. The van der Waals surface area contributed by atoms with Gasteiger partial charge in [0.25, 0.3) is 0 Å². The zero-order valence-corrected chi connectivity index (χ0v) is 29.1. The van der Waals surface area contributed by atoms with E-state index in [1.165, 1.54) is 25.7 Å². The summed E-state index contributed by atoms with van der Waals surface area (Å²) in [7, 11) is 0. The van der Waals surface area contributed by atoms with Crippen molar-refractivity contribution in [2.45, 2.75) is 135 Å². The van der Waals surface area contributed by atoms with Crippen molar-refractivity contribution in [3.8, 4) is 0 Å². The van der Waals surface area contributed by atoms with Gasteiger partial charge in [-0.3, -0.25) is 14.4 Å². The monoisotopic (exact) mass is 643 g/mol. The summed E-state index contributed by atoms with van der Waals surface area (Å²) in [6.07, 6.45) is 11.6. The molecular formula is C36H61N5O5. The molecule has 1 aliphatic rings. The summed E-state index contributed by atoms with van der Waals surface area (Å²) < 4.78 is 6.20. The first kappa shape index (κ1) is 39.4. The quantitative estimate of drug-likeness (QED) is 0.113. The highest BCUT2D eigenvalue weighted by molar-refractivity contribution is 5.90. The SMILES string of the molecule is CC(C=O)(CNCCC(C)(C)OCCC(C)(C)C(=O)NC(Cc1ccccc1)C(=O)NC1CCCCCCCC1)NC(=O)CCN. The van der Waals surface area contributed by atoms with E-state index in [0.717, 1.165) is 37.5 Å². The predicted octanol–water partition coefficient (Wildman–Crippen LogP) is 3.95. The van der Waals surface area contributed by atoms with Crippen LogP contribution < -0.4 is 27.0 Å². The lowest BCUT2D eigenvalue weighted by Crippen LogP contribution is -2.54. The standard InChI is InChI=1S/C36H61N5O5/c1-34(2,21-24-46-35(3,4)20-23-38-26-36(5,27-42)41-31(43)19-22-37)33(45)40-30(25-28-15-11-10-12-16-28)32(44)39-29-17-13-8-6-7-9-14-18-29/h10-12,15-16,27,29-30,38H,6-9,13-14,17-26,37H2,1-5H3,(H,39,44)(H,40,45)(H,41,43). The normalized spacial score (nSPS) is 17.0. The molecule has 0 heterocycles. The van der Waals surface area contributed by atoms with E-state index in [2.05, 4.69) is 21.3 Å². The van der Waals surface area contributed by atoms with Gasteiger partial charge in [0.05, 0.1) is 5.60 Å². The van der Waals surface area contributed by atoms with E-state index in [4.69, 9.17) is 10.5 Å². The van der Waals surface area contributed by atoms with Crippen LogP contribution in [0.3, 0.4) is 0 Å². The minimum absolute atomic E-state index is 0.119. The lowest BCUT2D eigenvalue weighted by molar-refractivity contribution is -0.135. The van der Waals surface area contributed by atoms with Gasteiger partial charge in [-0.25, -0.2) is 0 Å². The summed E-state index contributed by atoms with van der Waals surface area (Å²) >= 11 is 0. The summed E-state index contributed by atoms with van der Waals surface area (Å²) in [5.74, 6) is -0.552. The summed E-state index contributed by atoms with van der Waals surface area (Å²) in [5, 5.41) is 12.3. The fourth-order valence-electron chi connectivity index (χ4n) is 5.62. The smallest absolute Gasteiger partial charge is 0.243 e. The topological polar surface area (TPSA) is 152 Å². The van der Waals surface area contributed by atoms with Gasteiger partial charge in [-0.05, 0) is 58.6 Å². The second kappa shape index (κ2) is 19.8. The maximum Gasteiger partial charge on any atom is 0.243 e. The fraction of sp³-hybridized carbons (Fsp3) is 0.722. The molecule has 0 aromatic heterocycles. The molecule has 260 valence electrons. The van der Waals surface area contributed by atoms with Crippen LogP contribution >= 0.6 is 0 Å². The zero-order chi connectivity index (χ0) is 34.1. The van der Waals surface area contributed by atoms with E-state index in [-0.39, 0.29) is 43.3 Å². The van der Waals surface area contributed by atoms with Gasteiger partial charge in [-0.15, -0.1) is 0 Å². The van der Waals surface area contributed by atoms with E-state index >= 15 is 0 Å². The van der Waals surface area contributed by atoms with Crippen LogP contribution in [0.5, 0.6) is 0 Å². The maximum absolute atomic E-state index is 13.6. The lowest BCUT2D eigenvalue weighted by Gasteiger charge is -2.31. The Bertz CT molecular complexity index is 1070.